The third-order valence-electron chi connectivity index (χ3n) is 4.69. The maximum atomic E-state index is 11.2. The molecule has 1 saturated heterocycles. The minimum Gasteiger partial charge on any atom is -0.490 e. The second-order valence-electron chi connectivity index (χ2n) is 6.42. The molecule has 0 atom stereocenters. The average Bonchev–Trinajstić information content (AvgIpc) is 3.10. The Morgan fingerprint density at radius 1 is 1.33 bits per heavy atom. The van der Waals surface area contributed by atoms with Crippen molar-refractivity contribution in [2.75, 3.05) is 13.1 Å². The number of hydrogen-bond acceptors (Lipinski definition) is 3. The number of halogens is 1. The zero-order valence-corrected chi connectivity index (χ0v) is 16.0. The molecule has 1 aliphatic rings. The number of allylic oxidation sites excluding steroid dienone is 2. The number of aromatic nitrogens is 2. The highest BCUT2D eigenvalue weighted by atomic mass is 35.5. The van der Waals surface area contributed by atoms with Gasteiger partial charge in [-0.25, -0.2) is 9.78 Å². The Morgan fingerprint density at radius 2 is 2.00 bits per heavy atom. The molecule has 2 N–H and O–H groups in total. The molecule has 3 rings (SSSR count). The van der Waals surface area contributed by atoms with Gasteiger partial charge in [-0.15, -0.1) is 0 Å². The number of amides is 2. The molecule has 1 aliphatic heterocycles. The van der Waals surface area contributed by atoms with Gasteiger partial charge in [0.05, 0.1) is 0 Å². The number of piperidine rings is 1. The van der Waals surface area contributed by atoms with Gasteiger partial charge in [0.25, 0.3) is 0 Å². The van der Waals surface area contributed by atoms with Gasteiger partial charge < -0.3 is 15.4 Å². The maximum Gasteiger partial charge on any atom is 0.314 e. The largest absolute Gasteiger partial charge is 0.490 e. The van der Waals surface area contributed by atoms with Gasteiger partial charge in [0.1, 0.15) is 22.8 Å². The van der Waals surface area contributed by atoms with Crippen molar-refractivity contribution in [2.45, 2.75) is 25.9 Å². The van der Waals surface area contributed by atoms with E-state index in [1.54, 1.807) is 17.2 Å². The topological polar surface area (TPSA) is 73.4 Å². The molecule has 0 radical (unpaired) electrons. The van der Waals surface area contributed by atoms with Gasteiger partial charge in [-0.1, -0.05) is 36.4 Å². The third kappa shape index (κ3) is 4.34. The van der Waals surface area contributed by atoms with Crippen molar-refractivity contribution in [1.29, 1.82) is 0 Å². The highest BCUT2D eigenvalue weighted by molar-refractivity contribution is 6.49. The lowest BCUT2D eigenvalue weighted by Crippen LogP contribution is -2.44. The Balaban J connectivity index is 1.70. The highest BCUT2D eigenvalue weighted by Crippen LogP contribution is 2.29. The second-order valence-corrected chi connectivity index (χ2v) is 6.78. The molecule has 2 amide bonds. The van der Waals surface area contributed by atoms with E-state index in [1.165, 1.54) is 0 Å². The van der Waals surface area contributed by atoms with Gasteiger partial charge in [-0.05, 0) is 24.6 Å². The molecule has 7 heteroatoms. The Kier molecular flexibility index (Phi) is 5.86. The first-order valence-corrected chi connectivity index (χ1v) is 9.21. The SMILES string of the molecule is C=C/C(=C(/Cl)n1ccnc1C)c1ccc(OC2CCN(C(N)=O)CC2)cc1. The van der Waals surface area contributed by atoms with Crippen LogP contribution in [0.1, 0.15) is 24.2 Å². The summed E-state index contributed by atoms with van der Waals surface area (Å²) in [5.41, 5.74) is 7.07. The van der Waals surface area contributed by atoms with Crippen LogP contribution in [-0.4, -0.2) is 39.7 Å². The van der Waals surface area contributed by atoms with Crippen molar-refractivity contribution in [3.05, 3.63) is 60.7 Å². The van der Waals surface area contributed by atoms with Crippen LogP contribution in [0.15, 0.2) is 49.3 Å². The van der Waals surface area contributed by atoms with E-state index in [1.807, 2.05) is 42.0 Å². The van der Waals surface area contributed by atoms with Gasteiger partial charge >= 0.3 is 6.03 Å². The number of carbonyl (C=O) groups excluding carboxylic acids is 1. The summed E-state index contributed by atoms with van der Waals surface area (Å²) in [6.07, 6.45) is 6.88. The zero-order chi connectivity index (χ0) is 19.4. The Bertz CT molecular complexity index is 849. The van der Waals surface area contributed by atoms with Crippen LogP contribution in [0.25, 0.3) is 10.7 Å². The summed E-state index contributed by atoms with van der Waals surface area (Å²) in [5.74, 6) is 1.59. The fourth-order valence-corrected chi connectivity index (χ4v) is 3.50. The summed E-state index contributed by atoms with van der Waals surface area (Å²) >= 11 is 6.55. The second kappa shape index (κ2) is 8.31. The Hall–Kier alpha value is -2.73. The van der Waals surface area contributed by atoms with E-state index in [-0.39, 0.29) is 12.1 Å². The molecular formula is C20H23ClN4O2. The molecule has 6 nitrogen and oxygen atoms in total. The summed E-state index contributed by atoms with van der Waals surface area (Å²) in [6, 6.07) is 7.39. The van der Waals surface area contributed by atoms with Gasteiger partial charge in [-0.2, -0.15) is 0 Å². The van der Waals surface area contributed by atoms with Crippen LogP contribution in [0.4, 0.5) is 4.79 Å². The van der Waals surface area contributed by atoms with Gasteiger partial charge in [0, 0.05) is 43.9 Å². The standard InChI is InChI=1S/C20H23ClN4O2/c1-3-18(19(21)25-13-10-23-14(25)2)15-4-6-16(7-5-15)27-17-8-11-24(12-9-17)20(22)26/h3-7,10,13,17H,1,8-9,11-12H2,2H3,(H2,22,26)/b19-18+. The molecule has 1 fully saturated rings. The van der Waals surface area contributed by atoms with Gasteiger partial charge in [-0.3, -0.25) is 4.57 Å². The number of primary amides is 1. The van der Waals surface area contributed by atoms with Gasteiger partial charge in [0.2, 0.25) is 0 Å². The Morgan fingerprint density at radius 3 is 2.52 bits per heavy atom. The van der Waals surface area contributed by atoms with Crippen molar-refractivity contribution in [3.8, 4) is 5.75 Å². The highest BCUT2D eigenvalue weighted by Gasteiger charge is 2.22. The molecule has 142 valence electrons. The fraction of sp³-hybridized carbons (Fsp3) is 0.300. The number of nitrogens with two attached hydrogens (primary N) is 1. The Labute approximate surface area is 163 Å². The number of rotatable bonds is 5. The lowest BCUT2D eigenvalue weighted by Gasteiger charge is -2.31. The zero-order valence-electron chi connectivity index (χ0n) is 15.3. The van der Waals surface area contributed by atoms with Crippen molar-refractivity contribution in [3.63, 3.8) is 0 Å². The monoisotopic (exact) mass is 386 g/mol. The molecule has 2 aromatic rings. The van der Waals surface area contributed by atoms with Crippen LogP contribution in [0.5, 0.6) is 5.75 Å². The minimum atomic E-state index is -0.369. The summed E-state index contributed by atoms with van der Waals surface area (Å²) in [7, 11) is 0. The third-order valence-corrected chi connectivity index (χ3v) is 5.07. The summed E-state index contributed by atoms with van der Waals surface area (Å²) < 4.78 is 7.85. The molecular weight excluding hydrogens is 364 g/mol. The van der Waals surface area contributed by atoms with Crippen molar-refractivity contribution < 1.29 is 9.53 Å². The first-order chi connectivity index (χ1) is 13.0. The summed E-state index contributed by atoms with van der Waals surface area (Å²) in [5, 5.41) is 0.549. The van der Waals surface area contributed by atoms with E-state index in [0.29, 0.717) is 18.2 Å². The van der Waals surface area contributed by atoms with Crippen LogP contribution >= 0.6 is 11.6 Å². The van der Waals surface area contributed by atoms with Crippen LogP contribution in [0.3, 0.4) is 0 Å². The van der Waals surface area contributed by atoms with Crippen LogP contribution in [-0.2, 0) is 0 Å². The number of imidazole rings is 1. The molecule has 0 unspecified atom stereocenters. The minimum absolute atomic E-state index is 0.0815. The number of likely N-dealkylation sites (tertiary alicyclic amines) is 1. The quantitative estimate of drug-likeness (QED) is 0.793. The molecule has 0 saturated carbocycles. The smallest absolute Gasteiger partial charge is 0.314 e. The van der Waals surface area contributed by atoms with Crippen molar-refractivity contribution in [1.82, 2.24) is 14.5 Å². The number of urea groups is 1. The molecule has 0 spiro atoms. The maximum absolute atomic E-state index is 11.2. The number of hydrogen-bond donors (Lipinski definition) is 1. The van der Waals surface area contributed by atoms with Crippen LogP contribution in [0.2, 0.25) is 0 Å². The van der Waals surface area contributed by atoms with Crippen molar-refractivity contribution in [2.24, 2.45) is 5.73 Å². The summed E-state index contributed by atoms with van der Waals surface area (Å²) in [4.78, 5) is 17.0. The van der Waals surface area contributed by atoms with E-state index >= 15 is 0 Å². The molecule has 0 aliphatic carbocycles. The lowest BCUT2D eigenvalue weighted by atomic mass is 10.1. The summed E-state index contributed by atoms with van der Waals surface area (Å²) in [6.45, 7) is 7.03. The predicted molar refractivity (Wildman–Crippen MR) is 107 cm³/mol. The first-order valence-electron chi connectivity index (χ1n) is 8.83. The molecule has 0 bridgehead atoms. The van der Waals surface area contributed by atoms with Crippen LogP contribution < -0.4 is 10.5 Å². The molecule has 27 heavy (non-hydrogen) atoms. The van der Waals surface area contributed by atoms with E-state index in [0.717, 1.165) is 35.6 Å². The average molecular weight is 387 g/mol. The van der Waals surface area contributed by atoms with E-state index in [4.69, 9.17) is 22.1 Å². The van der Waals surface area contributed by atoms with E-state index < -0.39 is 0 Å². The normalized spacial score (nSPS) is 16.0. The first kappa shape index (κ1) is 19.0. The molecule has 1 aromatic carbocycles. The number of ether oxygens (including phenoxy) is 1. The molecule has 1 aromatic heterocycles. The number of benzene rings is 1. The van der Waals surface area contributed by atoms with Crippen LogP contribution in [0, 0.1) is 6.92 Å². The van der Waals surface area contributed by atoms with E-state index in [9.17, 15) is 4.79 Å². The molecule has 2 heterocycles. The number of nitrogens with zero attached hydrogens (tertiary/aromatic N) is 3. The van der Waals surface area contributed by atoms with E-state index in [2.05, 4.69) is 11.6 Å². The van der Waals surface area contributed by atoms with Gasteiger partial charge in [0.15, 0.2) is 0 Å². The predicted octanol–water partition coefficient (Wildman–Crippen LogP) is 3.86. The number of aryl methyl sites for hydroxylation is 1. The number of carbonyl (C=O) groups is 1. The fourth-order valence-electron chi connectivity index (χ4n) is 3.14. The van der Waals surface area contributed by atoms with Crippen molar-refractivity contribution >= 4 is 28.4 Å². The lowest BCUT2D eigenvalue weighted by molar-refractivity contribution is 0.114.